The molecule has 0 bridgehead atoms. The molecule has 4 nitrogen and oxygen atoms in total. The zero-order valence-corrected chi connectivity index (χ0v) is 11.8. The average Bonchev–Trinajstić information content (AvgIpc) is 2.93. The van der Waals surface area contributed by atoms with Crippen molar-refractivity contribution in [3.63, 3.8) is 0 Å². The van der Waals surface area contributed by atoms with E-state index in [1.54, 1.807) is 11.3 Å². The Kier molecular flexibility index (Phi) is 3.41. The van der Waals surface area contributed by atoms with E-state index in [0.717, 1.165) is 17.1 Å². The van der Waals surface area contributed by atoms with Gasteiger partial charge in [-0.2, -0.15) is 16.7 Å². The Bertz CT molecular complexity index is 524. The first-order valence-electron chi connectivity index (χ1n) is 6.00. The lowest BCUT2D eigenvalue weighted by atomic mass is 10.2. The second-order valence-electron chi connectivity index (χ2n) is 4.56. The third-order valence-electron chi connectivity index (χ3n) is 2.81. The minimum absolute atomic E-state index is 0.0587. The predicted octanol–water partition coefficient (Wildman–Crippen LogP) is 2.48. The molecule has 1 aliphatic heterocycles. The van der Waals surface area contributed by atoms with Gasteiger partial charge in [0.05, 0.1) is 4.88 Å². The van der Waals surface area contributed by atoms with E-state index in [0.29, 0.717) is 18.1 Å². The zero-order valence-electron chi connectivity index (χ0n) is 10.2. The summed E-state index contributed by atoms with van der Waals surface area (Å²) in [5, 5.41) is 3.97. The number of hydrogen-bond acceptors (Lipinski definition) is 6. The maximum atomic E-state index is 5.73. The second kappa shape index (κ2) is 5.03. The molecule has 6 heteroatoms. The molecular formula is C12H15N3OS2. The van der Waals surface area contributed by atoms with Crippen molar-refractivity contribution < 1.29 is 4.52 Å². The number of aromatic nitrogens is 2. The molecule has 0 spiro atoms. The van der Waals surface area contributed by atoms with E-state index in [1.807, 2.05) is 18.7 Å². The summed E-state index contributed by atoms with van der Waals surface area (Å²) in [5.41, 5.74) is 7.16. The van der Waals surface area contributed by atoms with Gasteiger partial charge in [0.2, 0.25) is 0 Å². The summed E-state index contributed by atoms with van der Waals surface area (Å²) in [4.78, 5) is 6.97. The van der Waals surface area contributed by atoms with Crippen LogP contribution in [0.1, 0.15) is 23.2 Å². The number of nitrogens with zero attached hydrogens (tertiary/aromatic N) is 2. The van der Waals surface area contributed by atoms with E-state index >= 15 is 0 Å². The molecule has 2 N–H and O–H groups in total. The second-order valence-corrected chi connectivity index (χ2v) is 6.80. The van der Waals surface area contributed by atoms with Crippen LogP contribution in [0.15, 0.2) is 10.6 Å². The molecule has 1 aliphatic rings. The quantitative estimate of drug-likeness (QED) is 0.936. The molecule has 1 unspecified atom stereocenters. The largest absolute Gasteiger partial charge is 0.333 e. The van der Waals surface area contributed by atoms with Crippen LogP contribution in [0.4, 0.5) is 0 Å². The lowest BCUT2D eigenvalue weighted by Crippen LogP contribution is -2.18. The number of rotatable bonds is 3. The summed E-state index contributed by atoms with van der Waals surface area (Å²) in [5.74, 6) is 3.65. The van der Waals surface area contributed by atoms with Crippen molar-refractivity contribution in [3.8, 4) is 10.8 Å². The summed E-state index contributed by atoms with van der Waals surface area (Å²) in [6, 6.07) is 2.25. The van der Waals surface area contributed by atoms with Crippen LogP contribution < -0.4 is 5.73 Å². The van der Waals surface area contributed by atoms with Crippen molar-refractivity contribution in [2.75, 3.05) is 5.75 Å². The number of hydrogen-bond donors (Lipinski definition) is 1. The highest BCUT2D eigenvalue weighted by atomic mass is 32.2. The van der Waals surface area contributed by atoms with Gasteiger partial charge < -0.3 is 10.3 Å². The van der Waals surface area contributed by atoms with E-state index in [9.17, 15) is 0 Å². The van der Waals surface area contributed by atoms with E-state index in [2.05, 4.69) is 16.2 Å². The topological polar surface area (TPSA) is 64.9 Å². The molecule has 0 aliphatic carbocycles. The van der Waals surface area contributed by atoms with Crippen LogP contribution in [-0.2, 0) is 18.6 Å². The van der Waals surface area contributed by atoms with E-state index in [1.165, 1.54) is 16.2 Å². The third-order valence-corrected chi connectivity index (χ3v) is 5.04. The zero-order chi connectivity index (χ0) is 12.5. The van der Waals surface area contributed by atoms with Gasteiger partial charge in [-0.25, -0.2) is 0 Å². The van der Waals surface area contributed by atoms with Gasteiger partial charge >= 0.3 is 0 Å². The molecular weight excluding hydrogens is 266 g/mol. The number of thioether (sulfide) groups is 1. The highest BCUT2D eigenvalue weighted by molar-refractivity contribution is 7.98. The Morgan fingerprint density at radius 2 is 2.44 bits per heavy atom. The van der Waals surface area contributed by atoms with Crippen molar-refractivity contribution in [1.29, 1.82) is 0 Å². The van der Waals surface area contributed by atoms with Gasteiger partial charge in [0.25, 0.3) is 5.89 Å². The first-order valence-corrected chi connectivity index (χ1v) is 7.97. The SMILES string of the molecule is CC(N)Cc1noc(-c2cc3c(s2)CCSC3)n1. The number of nitrogens with two attached hydrogens (primary N) is 1. The summed E-state index contributed by atoms with van der Waals surface area (Å²) >= 11 is 3.76. The van der Waals surface area contributed by atoms with Gasteiger partial charge in [-0.3, -0.25) is 0 Å². The van der Waals surface area contributed by atoms with Crippen LogP contribution >= 0.6 is 23.1 Å². The lowest BCUT2D eigenvalue weighted by molar-refractivity contribution is 0.421. The summed E-state index contributed by atoms with van der Waals surface area (Å²) in [6.07, 6.45) is 1.82. The van der Waals surface area contributed by atoms with Crippen molar-refractivity contribution in [2.45, 2.75) is 31.6 Å². The molecule has 0 amide bonds. The van der Waals surface area contributed by atoms with Crippen LogP contribution in [0.5, 0.6) is 0 Å². The Morgan fingerprint density at radius 1 is 1.56 bits per heavy atom. The fourth-order valence-electron chi connectivity index (χ4n) is 1.98. The first-order chi connectivity index (χ1) is 8.72. The third kappa shape index (κ3) is 2.46. The van der Waals surface area contributed by atoms with Crippen molar-refractivity contribution in [1.82, 2.24) is 10.1 Å². The van der Waals surface area contributed by atoms with Gasteiger partial charge in [0, 0.05) is 23.1 Å². The minimum Gasteiger partial charge on any atom is -0.333 e. The molecule has 96 valence electrons. The normalized spacial score (nSPS) is 16.6. The highest BCUT2D eigenvalue weighted by Gasteiger charge is 2.18. The van der Waals surface area contributed by atoms with Crippen molar-refractivity contribution >= 4 is 23.1 Å². The van der Waals surface area contributed by atoms with Crippen molar-refractivity contribution in [3.05, 3.63) is 22.3 Å². The van der Waals surface area contributed by atoms with Crippen molar-refractivity contribution in [2.24, 2.45) is 5.73 Å². The van der Waals surface area contributed by atoms with Gasteiger partial charge in [0.1, 0.15) is 0 Å². The van der Waals surface area contributed by atoms with E-state index in [4.69, 9.17) is 10.3 Å². The fraction of sp³-hybridized carbons (Fsp3) is 0.500. The fourth-order valence-corrected chi connectivity index (χ4v) is 4.27. The maximum absolute atomic E-state index is 5.73. The highest BCUT2D eigenvalue weighted by Crippen LogP contribution is 2.36. The first kappa shape index (κ1) is 12.2. The Morgan fingerprint density at radius 3 is 3.22 bits per heavy atom. The maximum Gasteiger partial charge on any atom is 0.268 e. The molecule has 18 heavy (non-hydrogen) atoms. The van der Waals surface area contributed by atoms with Gasteiger partial charge in [-0.05, 0) is 30.7 Å². The molecule has 0 saturated carbocycles. The minimum atomic E-state index is 0.0587. The monoisotopic (exact) mass is 281 g/mol. The molecule has 0 saturated heterocycles. The molecule has 0 fully saturated rings. The van der Waals surface area contributed by atoms with Gasteiger partial charge in [0.15, 0.2) is 5.82 Å². The van der Waals surface area contributed by atoms with Crippen LogP contribution in [0.3, 0.4) is 0 Å². The molecule has 2 aromatic heterocycles. The molecule has 0 aromatic carbocycles. The molecule has 0 radical (unpaired) electrons. The average molecular weight is 281 g/mol. The lowest BCUT2D eigenvalue weighted by Gasteiger charge is -2.08. The summed E-state index contributed by atoms with van der Waals surface area (Å²) in [7, 11) is 0. The Hall–Kier alpha value is -0.850. The standard InChI is InChI=1S/C12H15N3OS2/c1-7(13)4-11-14-12(16-15-11)10-5-8-6-17-3-2-9(8)18-10/h5,7H,2-4,6,13H2,1H3. The summed E-state index contributed by atoms with van der Waals surface area (Å²) in [6.45, 7) is 1.94. The Balaban J connectivity index is 1.85. The van der Waals surface area contributed by atoms with Crippen LogP contribution in [0.2, 0.25) is 0 Å². The van der Waals surface area contributed by atoms with Gasteiger partial charge in [-0.1, -0.05) is 5.16 Å². The summed E-state index contributed by atoms with van der Waals surface area (Å²) < 4.78 is 5.32. The van der Waals surface area contributed by atoms with E-state index < -0.39 is 0 Å². The van der Waals surface area contributed by atoms with Crippen LogP contribution in [0.25, 0.3) is 10.8 Å². The number of thiophene rings is 1. The number of aryl methyl sites for hydroxylation is 1. The van der Waals surface area contributed by atoms with Gasteiger partial charge in [-0.15, -0.1) is 11.3 Å². The molecule has 3 rings (SSSR count). The van der Waals surface area contributed by atoms with E-state index in [-0.39, 0.29) is 6.04 Å². The van der Waals surface area contributed by atoms with Crippen LogP contribution in [-0.4, -0.2) is 21.9 Å². The molecule has 2 aromatic rings. The number of fused-ring (bicyclic) bond motifs is 1. The van der Waals surface area contributed by atoms with Crippen LogP contribution in [0, 0.1) is 0 Å². The predicted molar refractivity (Wildman–Crippen MR) is 74.8 cm³/mol. The molecule has 1 atom stereocenters. The Labute approximate surface area is 114 Å². The molecule has 3 heterocycles. The smallest absolute Gasteiger partial charge is 0.268 e.